The highest BCUT2D eigenvalue weighted by Crippen LogP contribution is 2.33. The van der Waals surface area contributed by atoms with E-state index in [4.69, 9.17) is 4.74 Å². The van der Waals surface area contributed by atoms with Gasteiger partial charge in [0.25, 0.3) is 0 Å². The summed E-state index contributed by atoms with van der Waals surface area (Å²) < 4.78 is 16.7. The molecule has 5 heteroatoms. The standard InChI is InChI=1S/C10H17NO3S/c1-10(2,3)14-9(12)11-5-8-4-7(11)6-15(8)13/h7-8H,4-6H2,1-3H3/t7-,8-,15?/m0/s1. The van der Waals surface area contributed by atoms with Gasteiger partial charge in [0.15, 0.2) is 0 Å². The summed E-state index contributed by atoms with van der Waals surface area (Å²) in [5, 5.41) is 0.183. The first-order valence-electron chi connectivity index (χ1n) is 5.23. The molecule has 0 spiro atoms. The Bertz CT molecular complexity index is 274. The Morgan fingerprint density at radius 3 is 2.60 bits per heavy atom. The third kappa shape index (κ3) is 2.23. The first-order valence-corrected chi connectivity index (χ1v) is 6.62. The first kappa shape index (κ1) is 11.1. The number of hydrogen-bond donors (Lipinski definition) is 0. The largest absolute Gasteiger partial charge is 0.616 e. The SMILES string of the molecule is CC(C)(C)OC(=O)N1C[C@@H]2C[C@H]1C[S+]2[O-]. The molecule has 1 amide bonds. The first-order chi connectivity index (χ1) is 6.87. The summed E-state index contributed by atoms with van der Waals surface area (Å²) in [5.41, 5.74) is -0.446. The zero-order valence-corrected chi connectivity index (χ0v) is 10.2. The average Bonchev–Trinajstić information content (AvgIpc) is 2.58. The molecule has 0 aromatic carbocycles. The third-order valence-electron chi connectivity index (χ3n) is 2.73. The molecule has 86 valence electrons. The van der Waals surface area contributed by atoms with Crippen molar-refractivity contribution in [1.29, 1.82) is 0 Å². The molecule has 0 N–H and O–H groups in total. The van der Waals surface area contributed by atoms with Crippen LogP contribution in [-0.4, -0.2) is 44.7 Å². The lowest BCUT2D eigenvalue weighted by Gasteiger charge is -2.30. The van der Waals surface area contributed by atoms with Crippen LogP contribution >= 0.6 is 0 Å². The maximum absolute atomic E-state index is 11.8. The number of rotatable bonds is 0. The normalized spacial score (nSPS) is 34.7. The molecule has 2 aliphatic rings. The average molecular weight is 231 g/mol. The summed E-state index contributed by atoms with van der Waals surface area (Å²) in [6, 6.07) is 0.144. The number of amides is 1. The molecule has 2 heterocycles. The molecular formula is C10H17NO3S. The highest BCUT2D eigenvalue weighted by atomic mass is 32.2. The van der Waals surface area contributed by atoms with Gasteiger partial charge in [0, 0.05) is 6.42 Å². The van der Waals surface area contributed by atoms with Crippen LogP contribution in [0.2, 0.25) is 0 Å². The van der Waals surface area contributed by atoms with E-state index in [1.165, 1.54) is 0 Å². The monoisotopic (exact) mass is 231 g/mol. The van der Waals surface area contributed by atoms with Gasteiger partial charge in [-0.25, -0.2) is 4.79 Å². The summed E-state index contributed by atoms with van der Waals surface area (Å²) in [4.78, 5) is 13.5. The Kier molecular flexibility index (Phi) is 2.63. The highest BCUT2D eigenvalue weighted by Gasteiger charge is 2.50. The molecule has 0 radical (unpaired) electrons. The molecule has 2 fully saturated rings. The van der Waals surface area contributed by atoms with E-state index in [1.807, 2.05) is 20.8 Å². The quantitative estimate of drug-likeness (QED) is 0.587. The lowest BCUT2D eigenvalue weighted by Crippen LogP contribution is -2.46. The van der Waals surface area contributed by atoms with Gasteiger partial charge in [-0.15, -0.1) is 0 Å². The third-order valence-corrected chi connectivity index (χ3v) is 4.53. The van der Waals surface area contributed by atoms with Crippen molar-refractivity contribution in [3.05, 3.63) is 0 Å². The number of fused-ring (bicyclic) bond motifs is 2. The van der Waals surface area contributed by atoms with Crippen molar-refractivity contribution in [1.82, 2.24) is 4.90 Å². The van der Waals surface area contributed by atoms with Crippen LogP contribution in [0.25, 0.3) is 0 Å². The number of nitrogens with zero attached hydrogens (tertiary/aromatic N) is 1. The second-order valence-corrected chi connectivity index (χ2v) is 6.95. The Hall–Kier alpha value is -0.420. The number of carbonyl (C=O) groups excluding carboxylic acids is 1. The van der Waals surface area contributed by atoms with Crippen LogP contribution in [0, 0.1) is 0 Å². The lowest BCUT2D eigenvalue weighted by atomic mass is 10.2. The number of likely N-dealkylation sites (tertiary alicyclic amines) is 1. The van der Waals surface area contributed by atoms with E-state index in [2.05, 4.69) is 0 Å². The fourth-order valence-electron chi connectivity index (χ4n) is 2.09. The van der Waals surface area contributed by atoms with Gasteiger partial charge in [-0.3, -0.25) is 4.90 Å². The highest BCUT2D eigenvalue weighted by molar-refractivity contribution is 7.92. The predicted octanol–water partition coefficient (Wildman–Crippen LogP) is 1.13. The van der Waals surface area contributed by atoms with Crippen LogP contribution < -0.4 is 0 Å². The Morgan fingerprint density at radius 1 is 1.53 bits per heavy atom. The van der Waals surface area contributed by atoms with E-state index in [0.717, 1.165) is 6.42 Å². The van der Waals surface area contributed by atoms with Crippen LogP contribution in [0.15, 0.2) is 0 Å². The Labute approximate surface area is 93.1 Å². The summed E-state index contributed by atoms with van der Waals surface area (Å²) in [6.07, 6.45) is 0.623. The van der Waals surface area contributed by atoms with Gasteiger partial charge in [-0.05, 0) is 31.9 Å². The summed E-state index contributed by atoms with van der Waals surface area (Å²) in [5.74, 6) is 0.629. The summed E-state index contributed by atoms with van der Waals surface area (Å²) in [7, 11) is 0. The molecule has 3 atom stereocenters. The van der Waals surface area contributed by atoms with Crippen molar-refractivity contribution in [2.75, 3.05) is 12.3 Å². The number of hydrogen-bond acceptors (Lipinski definition) is 3. The van der Waals surface area contributed by atoms with Gasteiger partial charge in [0.05, 0.1) is 12.6 Å². The van der Waals surface area contributed by atoms with Crippen LogP contribution in [0.5, 0.6) is 0 Å². The molecule has 2 rings (SSSR count). The fourth-order valence-corrected chi connectivity index (χ4v) is 3.82. The van der Waals surface area contributed by atoms with Crippen molar-refractivity contribution >= 4 is 17.3 Å². The van der Waals surface area contributed by atoms with Gasteiger partial charge in [0.2, 0.25) is 0 Å². The molecule has 2 bridgehead atoms. The second-order valence-electron chi connectivity index (χ2n) is 5.19. The van der Waals surface area contributed by atoms with E-state index >= 15 is 0 Å². The molecule has 1 unspecified atom stereocenters. The molecular weight excluding hydrogens is 214 g/mol. The minimum atomic E-state index is -0.721. The Morgan fingerprint density at radius 2 is 2.20 bits per heavy atom. The van der Waals surface area contributed by atoms with Gasteiger partial charge >= 0.3 is 6.09 Å². The lowest BCUT2D eigenvalue weighted by molar-refractivity contribution is 0.0237. The fraction of sp³-hybridized carbons (Fsp3) is 0.900. The van der Waals surface area contributed by atoms with Crippen molar-refractivity contribution in [2.24, 2.45) is 0 Å². The zero-order valence-electron chi connectivity index (χ0n) is 9.36. The van der Waals surface area contributed by atoms with E-state index in [-0.39, 0.29) is 17.4 Å². The maximum atomic E-state index is 11.8. The van der Waals surface area contributed by atoms with Crippen molar-refractivity contribution in [2.45, 2.75) is 44.1 Å². The topological polar surface area (TPSA) is 52.6 Å². The van der Waals surface area contributed by atoms with E-state index in [0.29, 0.717) is 12.3 Å². The van der Waals surface area contributed by atoms with E-state index < -0.39 is 16.8 Å². The number of carbonyl (C=O) groups is 1. The molecule has 15 heavy (non-hydrogen) atoms. The molecule has 0 aromatic heterocycles. The van der Waals surface area contributed by atoms with Crippen molar-refractivity contribution in [3.63, 3.8) is 0 Å². The van der Waals surface area contributed by atoms with Crippen molar-refractivity contribution < 1.29 is 14.1 Å². The molecule has 0 aliphatic carbocycles. The van der Waals surface area contributed by atoms with Crippen LogP contribution in [0.4, 0.5) is 4.79 Å². The summed E-state index contributed by atoms with van der Waals surface area (Å²) in [6.45, 7) is 6.18. The van der Waals surface area contributed by atoms with Gasteiger partial charge < -0.3 is 9.29 Å². The van der Waals surface area contributed by atoms with Crippen LogP contribution in [0.3, 0.4) is 0 Å². The van der Waals surface area contributed by atoms with Gasteiger partial charge in [-0.2, -0.15) is 0 Å². The molecule has 2 aliphatic heterocycles. The molecule has 0 aromatic rings. The van der Waals surface area contributed by atoms with E-state index in [1.54, 1.807) is 4.90 Å². The summed E-state index contributed by atoms with van der Waals surface area (Å²) >= 11 is -0.721. The van der Waals surface area contributed by atoms with Gasteiger partial charge in [-0.1, -0.05) is 0 Å². The van der Waals surface area contributed by atoms with Crippen molar-refractivity contribution in [3.8, 4) is 0 Å². The zero-order chi connectivity index (χ0) is 11.2. The second kappa shape index (κ2) is 3.56. The molecule has 0 saturated carbocycles. The maximum Gasteiger partial charge on any atom is 0.410 e. The van der Waals surface area contributed by atoms with Gasteiger partial charge in [0.1, 0.15) is 16.6 Å². The number of ether oxygens (including phenoxy) is 1. The van der Waals surface area contributed by atoms with E-state index in [9.17, 15) is 9.35 Å². The smallest absolute Gasteiger partial charge is 0.410 e. The Balaban J connectivity index is 1.94. The minimum Gasteiger partial charge on any atom is -0.616 e. The molecule has 2 saturated heterocycles. The predicted molar refractivity (Wildman–Crippen MR) is 58.1 cm³/mol. The minimum absolute atomic E-state index is 0.144. The molecule has 4 nitrogen and oxygen atoms in total. The van der Waals surface area contributed by atoms with Crippen LogP contribution in [-0.2, 0) is 15.9 Å². The van der Waals surface area contributed by atoms with Crippen LogP contribution in [0.1, 0.15) is 27.2 Å².